The molecule has 0 saturated heterocycles. The van der Waals surface area contributed by atoms with Crippen molar-refractivity contribution in [2.75, 3.05) is 6.54 Å². The van der Waals surface area contributed by atoms with Crippen LogP contribution in [0.2, 0.25) is 5.02 Å². The van der Waals surface area contributed by atoms with Gasteiger partial charge in [-0.05, 0) is 61.4 Å². The molecule has 3 heteroatoms. The van der Waals surface area contributed by atoms with Crippen molar-refractivity contribution in [3.63, 3.8) is 0 Å². The van der Waals surface area contributed by atoms with Gasteiger partial charge in [-0.3, -0.25) is 0 Å². The highest BCUT2D eigenvalue weighted by Gasteiger charge is 2.28. The largest absolute Gasteiger partial charge is 0.310 e. The Morgan fingerprint density at radius 2 is 2.20 bits per heavy atom. The maximum absolute atomic E-state index is 13.6. The Morgan fingerprint density at radius 3 is 2.90 bits per heavy atom. The van der Waals surface area contributed by atoms with E-state index in [1.54, 1.807) is 12.1 Å². The molecule has 0 bridgehead atoms. The zero-order valence-electron chi connectivity index (χ0n) is 12.5. The summed E-state index contributed by atoms with van der Waals surface area (Å²) < 4.78 is 13.6. The predicted octanol–water partition coefficient (Wildman–Crippen LogP) is 5.35. The van der Waals surface area contributed by atoms with Crippen molar-refractivity contribution in [3.8, 4) is 0 Å². The molecule has 1 aromatic rings. The van der Waals surface area contributed by atoms with E-state index < -0.39 is 0 Å². The van der Waals surface area contributed by atoms with Crippen LogP contribution >= 0.6 is 11.6 Å². The number of benzene rings is 1. The Bertz CT molecular complexity index is 435. The molecule has 0 aliphatic heterocycles. The molecule has 0 spiro atoms. The van der Waals surface area contributed by atoms with Crippen LogP contribution in [0.5, 0.6) is 0 Å². The maximum atomic E-state index is 13.6. The van der Waals surface area contributed by atoms with Gasteiger partial charge in [-0.1, -0.05) is 38.3 Å². The van der Waals surface area contributed by atoms with Gasteiger partial charge in [0.15, 0.2) is 0 Å². The monoisotopic (exact) mass is 297 g/mol. The summed E-state index contributed by atoms with van der Waals surface area (Å²) in [6.45, 7) is 5.42. The third-order valence-electron chi connectivity index (χ3n) is 4.36. The van der Waals surface area contributed by atoms with Gasteiger partial charge in [0.1, 0.15) is 5.82 Å². The molecule has 1 N–H and O–H groups in total. The SMILES string of the molecule is CCCNC(c1cc(F)ccc1Cl)C1CCCC(C)C1. The van der Waals surface area contributed by atoms with E-state index in [2.05, 4.69) is 19.2 Å². The number of hydrogen-bond acceptors (Lipinski definition) is 1. The minimum atomic E-state index is -0.198. The second-order valence-electron chi connectivity index (χ2n) is 6.13. The van der Waals surface area contributed by atoms with Gasteiger partial charge in [0.25, 0.3) is 0 Å². The van der Waals surface area contributed by atoms with E-state index in [9.17, 15) is 4.39 Å². The van der Waals surface area contributed by atoms with Gasteiger partial charge < -0.3 is 5.32 Å². The van der Waals surface area contributed by atoms with E-state index in [1.165, 1.54) is 31.7 Å². The normalized spacial score (nSPS) is 24.6. The quantitative estimate of drug-likeness (QED) is 0.773. The molecule has 1 aliphatic carbocycles. The van der Waals surface area contributed by atoms with Crippen LogP contribution in [-0.4, -0.2) is 6.54 Å². The van der Waals surface area contributed by atoms with E-state index in [4.69, 9.17) is 11.6 Å². The van der Waals surface area contributed by atoms with Crippen LogP contribution in [0.1, 0.15) is 57.6 Å². The Morgan fingerprint density at radius 1 is 1.40 bits per heavy atom. The van der Waals surface area contributed by atoms with Crippen molar-refractivity contribution < 1.29 is 4.39 Å². The van der Waals surface area contributed by atoms with Crippen LogP contribution in [0.3, 0.4) is 0 Å². The third kappa shape index (κ3) is 3.95. The van der Waals surface area contributed by atoms with Crippen molar-refractivity contribution in [2.24, 2.45) is 11.8 Å². The van der Waals surface area contributed by atoms with Crippen LogP contribution in [-0.2, 0) is 0 Å². The molecule has 0 aromatic heterocycles. The zero-order valence-corrected chi connectivity index (χ0v) is 13.2. The van der Waals surface area contributed by atoms with Crippen LogP contribution < -0.4 is 5.32 Å². The van der Waals surface area contributed by atoms with Crippen LogP contribution in [0.4, 0.5) is 4.39 Å². The van der Waals surface area contributed by atoms with Gasteiger partial charge in [0.2, 0.25) is 0 Å². The van der Waals surface area contributed by atoms with Crippen LogP contribution in [0.25, 0.3) is 0 Å². The second kappa shape index (κ2) is 7.42. The van der Waals surface area contributed by atoms with Gasteiger partial charge in [-0.2, -0.15) is 0 Å². The standard InChI is InChI=1S/C17H25ClFN/c1-3-9-20-17(13-6-4-5-12(2)10-13)15-11-14(19)7-8-16(15)18/h7-8,11-13,17,20H,3-6,9-10H2,1-2H3. The van der Waals surface area contributed by atoms with E-state index in [1.807, 2.05) is 0 Å². The topological polar surface area (TPSA) is 12.0 Å². The highest BCUT2D eigenvalue weighted by atomic mass is 35.5. The second-order valence-corrected chi connectivity index (χ2v) is 6.54. The van der Waals surface area contributed by atoms with Crippen LogP contribution in [0.15, 0.2) is 18.2 Å². The molecule has 112 valence electrons. The summed E-state index contributed by atoms with van der Waals surface area (Å²) in [6.07, 6.45) is 6.06. The first-order valence-electron chi connectivity index (χ1n) is 7.80. The minimum absolute atomic E-state index is 0.181. The average Bonchev–Trinajstić information content (AvgIpc) is 2.43. The molecule has 1 aliphatic rings. The van der Waals surface area contributed by atoms with Crippen LogP contribution in [0, 0.1) is 17.7 Å². The maximum Gasteiger partial charge on any atom is 0.123 e. The van der Waals surface area contributed by atoms with Gasteiger partial charge in [-0.25, -0.2) is 4.39 Å². The van der Waals surface area contributed by atoms with Gasteiger partial charge in [0, 0.05) is 11.1 Å². The molecule has 1 fully saturated rings. The number of hydrogen-bond donors (Lipinski definition) is 1. The van der Waals surface area contributed by atoms with Gasteiger partial charge in [0.05, 0.1) is 0 Å². The molecule has 2 rings (SSSR count). The van der Waals surface area contributed by atoms with Gasteiger partial charge >= 0.3 is 0 Å². The van der Waals surface area contributed by atoms with E-state index >= 15 is 0 Å². The lowest BCUT2D eigenvalue weighted by Gasteiger charge is -2.34. The first-order chi connectivity index (χ1) is 9.61. The van der Waals surface area contributed by atoms with Crippen molar-refractivity contribution in [1.82, 2.24) is 5.32 Å². The molecule has 0 radical (unpaired) electrons. The van der Waals surface area contributed by atoms with E-state index in [0.717, 1.165) is 24.4 Å². The fourth-order valence-electron chi connectivity index (χ4n) is 3.37. The molecular weight excluding hydrogens is 273 g/mol. The summed E-state index contributed by atoms with van der Waals surface area (Å²) >= 11 is 6.32. The molecular formula is C17H25ClFN. The highest BCUT2D eigenvalue weighted by Crippen LogP contribution is 2.39. The molecule has 1 saturated carbocycles. The molecule has 1 nitrogen and oxygen atoms in total. The zero-order chi connectivity index (χ0) is 14.5. The molecule has 1 aromatic carbocycles. The highest BCUT2D eigenvalue weighted by molar-refractivity contribution is 6.31. The lowest BCUT2D eigenvalue weighted by Crippen LogP contribution is -2.32. The Hall–Kier alpha value is -0.600. The molecule has 3 unspecified atom stereocenters. The average molecular weight is 298 g/mol. The summed E-state index contributed by atoms with van der Waals surface area (Å²) in [5.41, 5.74) is 0.930. The van der Waals surface area contributed by atoms with Crippen molar-refractivity contribution in [2.45, 2.75) is 52.0 Å². The van der Waals surface area contributed by atoms with E-state index in [0.29, 0.717) is 10.9 Å². The van der Waals surface area contributed by atoms with Crippen molar-refractivity contribution in [1.29, 1.82) is 0 Å². The fourth-order valence-corrected chi connectivity index (χ4v) is 3.60. The molecule has 0 heterocycles. The summed E-state index contributed by atoms with van der Waals surface area (Å²) in [5.74, 6) is 1.12. The molecule has 3 atom stereocenters. The first-order valence-corrected chi connectivity index (χ1v) is 8.18. The Kier molecular flexibility index (Phi) is 5.86. The first kappa shape index (κ1) is 15.8. The molecule has 0 amide bonds. The minimum Gasteiger partial charge on any atom is -0.310 e. The van der Waals surface area contributed by atoms with Crippen molar-refractivity contribution in [3.05, 3.63) is 34.6 Å². The fraction of sp³-hybridized carbons (Fsp3) is 0.647. The predicted molar refractivity (Wildman–Crippen MR) is 83.6 cm³/mol. The number of rotatable bonds is 5. The summed E-state index contributed by atoms with van der Waals surface area (Å²) in [5, 5.41) is 4.27. The van der Waals surface area contributed by atoms with E-state index in [-0.39, 0.29) is 11.9 Å². The smallest absolute Gasteiger partial charge is 0.123 e. The number of nitrogens with one attached hydrogen (secondary N) is 1. The lowest BCUT2D eigenvalue weighted by molar-refractivity contribution is 0.223. The molecule has 20 heavy (non-hydrogen) atoms. The van der Waals surface area contributed by atoms with Gasteiger partial charge in [-0.15, -0.1) is 0 Å². The summed E-state index contributed by atoms with van der Waals surface area (Å²) in [6, 6.07) is 4.90. The summed E-state index contributed by atoms with van der Waals surface area (Å²) in [7, 11) is 0. The van der Waals surface area contributed by atoms with Crippen molar-refractivity contribution >= 4 is 11.6 Å². The number of halogens is 2. The lowest BCUT2D eigenvalue weighted by atomic mass is 9.76. The third-order valence-corrected chi connectivity index (χ3v) is 4.70. The Balaban J connectivity index is 2.23. The Labute approximate surface area is 126 Å². The summed E-state index contributed by atoms with van der Waals surface area (Å²) in [4.78, 5) is 0.